The molecule has 0 aliphatic carbocycles. The number of hydrogen-bond acceptors (Lipinski definition) is 8. The summed E-state index contributed by atoms with van der Waals surface area (Å²) in [6.07, 6.45) is -15.7. The number of carbonyl (C=O) groups excluding carboxylic acids is 3. The highest BCUT2D eigenvalue weighted by atomic mass is 35.5. The molecule has 2 aromatic heterocycles. The second-order valence-corrected chi connectivity index (χ2v) is 12.4. The van der Waals surface area contributed by atoms with Crippen LogP contribution < -0.4 is 10.2 Å². The number of nitrogens with one attached hydrogen (secondary N) is 1. The lowest BCUT2D eigenvalue weighted by molar-refractivity contribution is -0.141. The molecule has 0 saturated heterocycles. The number of benzene rings is 2. The zero-order valence-corrected chi connectivity index (χ0v) is 31.4. The van der Waals surface area contributed by atoms with Gasteiger partial charge in [0.1, 0.15) is 34.6 Å². The molecule has 26 heteroatoms. The number of rotatable bonds is 5. The average molecular weight is 901 g/mol. The maximum atomic E-state index is 13.4. The predicted molar refractivity (Wildman–Crippen MR) is 181 cm³/mol. The van der Waals surface area contributed by atoms with Crippen LogP contribution in [0.1, 0.15) is 48.7 Å². The Hall–Kier alpha value is -4.93. The van der Waals surface area contributed by atoms with Gasteiger partial charge in [0.05, 0.1) is 37.8 Å². The molecule has 1 N–H and O–H groups in total. The van der Waals surface area contributed by atoms with Crippen LogP contribution in [0.15, 0.2) is 24.3 Å². The highest BCUT2D eigenvalue weighted by Gasteiger charge is 2.43. The van der Waals surface area contributed by atoms with Crippen LogP contribution in [0.2, 0.25) is 25.2 Å². The Morgan fingerprint density at radius 3 is 1.48 bits per heavy atom. The topological polar surface area (TPSA) is 159 Å². The van der Waals surface area contributed by atoms with Crippen LogP contribution in [0.4, 0.5) is 55.9 Å². The van der Waals surface area contributed by atoms with Crippen molar-refractivity contribution in [2.24, 2.45) is 0 Å². The second kappa shape index (κ2) is 17.1. The van der Waals surface area contributed by atoms with Crippen molar-refractivity contribution in [1.82, 2.24) is 19.6 Å². The summed E-state index contributed by atoms with van der Waals surface area (Å²) < 4.78 is 123. The molecule has 0 fully saturated rings. The molecule has 12 nitrogen and oxygen atoms in total. The Balaban J connectivity index is 0.000000303. The molecule has 4 aromatic rings. The first-order valence-corrected chi connectivity index (χ1v) is 16.3. The van der Waals surface area contributed by atoms with Crippen molar-refractivity contribution in [3.8, 4) is 23.5 Å². The van der Waals surface area contributed by atoms with Crippen LogP contribution in [0.3, 0.4) is 0 Å². The van der Waals surface area contributed by atoms with E-state index < -0.39 is 90.4 Å². The number of carbonyl (C=O) groups is 3. The summed E-state index contributed by atoms with van der Waals surface area (Å²) in [5, 5.41) is 25.0. The van der Waals surface area contributed by atoms with Gasteiger partial charge in [-0.2, -0.15) is 60.2 Å². The lowest BCUT2D eigenvalue weighted by Gasteiger charge is -2.20. The normalized spacial score (nSPS) is 11.6. The van der Waals surface area contributed by atoms with Gasteiger partial charge in [-0.1, -0.05) is 58.0 Å². The van der Waals surface area contributed by atoms with E-state index in [1.165, 1.54) is 6.07 Å². The zero-order chi connectivity index (χ0) is 42.8. The summed E-state index contributed by atoms with van der Waals surface area (Å²) >= 11 is 29.4. The Labute approximate surface area is 332 Å². The minimum atomic E-state index is -5.21. The Morgan fingerprint density at radius 2 is 1.14 bits per heavy atom. The fraction of sp³-hybridized carbons (Fsp3) is 0.233. The van der Waals surface area contributed by atoms with Crippen molar-refractivity contribution in [1.29, 1.82) is 10.5 Å². The van der Waals surface area contributed by atoms with Gasteiger partial charge in [0.25, 0.3) is 0 Å². The largest absolute Gasteiger partial charge is 0.450 e. The molecule has 0 unspecified atom stereocenters. The van der Waals surface area contributed by atoms with Crippen LogP contribution in [0, 0.1) is 22.7 Å². The fourth-order valence-electron chi connectivity index (χ4n) is 4.49. The van der Waals surface area contributed by atoms with E-state index in [9.17, 15) is 64.4 Å². The number of ether oxygens (including phenoxy) is 1. The number of nitrogens with zero attached hydrogens (tertiary/aromatic N) is 7. The number of hydrogen-bond donors (Lipinski definition) is 1. The van der Waals surface area contributed by atoms with Crippen LogP contribution >= 0.6 is 58.0 Å². The van der Waals surface area contributed by atoms with Crippen molar-refractivity contribution in [3.63, 3.8) is 0 Å². The Bertz CT molecular complexity index is 2250. The summed E-state index contributed by atoms with van der Waals surface area (Å²) in [6.45, 7) is 3.24. The van der Waals surface area contributed by atoms with Crippen molar-refractivity contribution in [3.05, 3.63) is 77.5 Å². The molecule has 0 saturated carbocycles. The number of amides is 3. The Morgan fingerprint density at radius 1 is 0.732 bits per heavy atom. The van der Waals surface area contributed by atoms with E-state index in [0.717, 1.165) is 18.5 Å². The van der Waals surface area contributed by atoms with Crippen molar-refractivity contribution in [2.45, 2.75) is 39.3 Å². The fourth-order valence-corrected chi connectivity index (χ4v) is 5.99. The Kier molecular flexibility index (Phi) is 13.8. The summed E-state index contributed by atoms with van der Waals surface area (Å²) in [5.41, 5.74) is -6.53. The minimum absolute atomic E-state index is 0.0391. The molecule has 0 aliphatic heterocycles. The molecule has 2 heterocycles. The van der Waals surface area contributed by atoms with E-state index in [0.29, 0.717) is 24.3 Å². The number of anilines is 2. The number of imide groups is 1. The van der Waals surface area contributed by atoms with Gasteiger partial charge in [-0.25, -0.2) is 19.1 Å². The summed E-state index contributed by atoms with van der Waals surface area (Å²) in [5.74, 6) is -3.39. The zero-order valence-electron chi connectivity index (χ0n) is 27.6. The van der Waals surface area contributed by atoms with Crippen molar-refractivity contribution < 1.29 is 58.6 Å². The van der Waals surface area contributed by atoms with Gasteiger partial charge < -0.3 is 4.74 Å². The van der Waals surface area contributed by atoms with Crippen molar-refractivity contribution >= 4 is 87.5 Å². The van der Waals surface area contributed by atoms with Gasteiger partial charge in [0, 0.05) is 13.8 Å². The molecule has 3 amide bonds. The molecule has 0 bridgehead atoms. The van der Waals surface area contributed by atoms with Gasteiger partial charge in [0.2, 0.25) is 11.8 Å². The first-order chi connectivity index (χ1) is 25.7. The van der Waals surface area contributed by atoms with Gasteiger partial charge in [-0.15, -0.1) is 0 Å². The first-order valence-electron chi connectivity index (χ1n) is 14.4. The molecular weight excluding hydrogens is 885 g/mol. The van der Waals surface area contributed by atoms with Gasteiger partial charge in [0.15, 0.2) is 22.5 Å². The number of nitriles is 2. The molecule has 0 atom stereocenters. The molecule has 56 heavy (non-hydrogen) atoms. The molecule has 0 radical (unpaired) electrons. The number of alkyl halides is 9. The minimum Gasteiger partial charge on any atom is -0.450 e. The van der Waals surface area contributed by atoms with E-state index in [2.05, 4.69) is 15.5 Å². The van der Waals surface area contributed by atoms with Gasteiger partial charge in [-0.3, -0.25) is 14.9 Å². The van der Waals surface area contributed by atoms with Gasteiger partial charge in [-0.05, 0) is 31.2 Å². The monoisotopic (exact) mass is 898 g/mol. The quantitative estimate of drug-likeness (QED) is 0.194. The lowest BCUT2D eigenvalue weighted by Crippen LogP contribution is -2.35. The average Bonchev–Trinajstić information content (AvgIpc) is 3.56. The highest BCUT2D eigenvalue weighted by molar-refractivity contribution is 6.38. The van der Waals surface area contributed by atoms with Crippen molar-refractivity contribution in [2.75, 3.05) is 16.8 Å². The number of aromatic nitrogens is 4. The van der Waals surface area contributed by atoms with Gasteiger partial charge >= 0.3 is 24.6 Å². The molecule has 0 aliphatic rings. The maximum Gasteiger partial charge on any atom is 0.436 e. The molecular formula is C30H16Cl5F9N8O4. The van der Waals surface area contributed by atoms with E-state index in [1.54, 1.807) is 13.0 Å². The molecule has 2 aromatic carbocycles. The molecule has 0 spiro atoms. The third-order valence-corrected chi connectivity index (χ3v) is 8.06. The van der Waals surface area contributed by atoms with Crippen LogP contribution in [0.5, 0.6) is 0 Å². The van der Waals surface area contributed by atoms with E-state index in [1.807, 2.05) is 0 Å². The lowest BCUT2D eigenvalue weighted by atomic mass is 10.2. The summed E-state index contributed by atoms with van der Waals surface area (Å²) in [6, 6.07) is 4.96. The van der Waals surface area contributed by atoms with E-state index >= 15 is 0 Å². The van der Waals surface area contributed by atoms with Crippen LogP contribution in [-0.2, 0) is 32.9 Å². The standard InChI is InChI=1S/C16H8Cl2F6N4O2.C14H8Cl3F3N4O2/c1-6(29)27(7(2)30)14-9(5-25)13(16(22,23)24)26-28(14)12-10(17)3-8(4-11(12)18)15(19,20)21;1-2-26-13(25)22-12-7(5-21)11(17)23-24(12)10-8(15)3-6(4-9(10)16)14(18,19)20/h3-4H,1-2H3;3-4H,2H2,1H3,(H,22,25). The van der Waals surface area contributed by atoms with E-state index in [-0.39, 0.29) is 38.4 Å². The summed E-state index contributed by atoms with van der Waals surface area (Å²) in [7, 11) is 0. The van der Waals surface area contributed by atoms with Crippen LogP contribution in [-0.4, -0.2) is 44.1 Å². The van der Waals surface area contributed by atoms with E-state index in [4.69, 9.17) is 62.7 Å². The first kappa shape index (κ1) is 45.5. The SMILES string of the molecule is CC(=O)N(C(C)=O)c1c(C#N)c(C(F)(F)F)nn1-c1c(Cl)cc(C(F)(F)F)cc1Cl.CCOC(=O)Nc1c(C#N)c(Cl)nn1-c1c(Cl)cc(C(F)(F)F)cc1Cl. The smallest absolute Gasteiger partial charge is 0.436 e. The third-order valence-electron chi connectivity index (χ3n) is 6.65. The number of halogens is 14. The van der Waals surface area contributed by atoms with Crippen LogP contribution in [0.25, 0.3) is 11.4 Å². The second-order valence-electron chi connectivity index (χ2n) is 10.4. The molecule has 4 rings (SSSR count). The predicted octanol–water partition coefficient (Wildman–Crippen LogP) is 10.3. The maximum absolute atomic E-state index is 13.4. The highest BCUT2D eigenvalue weighted by Crippen LogP contribution is 2.43. The molecule has 298 valence electrons. The third kappa shape index (κ3) is 9.71. The summed E-state index contributed by atoms with van der Waals surface area (Å²) in [4.78, 5) is 35.7.